The van der Waals surface area contributed by atoms with Gasteiger partial charge in [0.25, 0.3) is 0 Å². The summed E-state index contributed by atoms with van der Waals surface area (Å²) in [6.45, 7) is 4.45. The molecule has 0 radical (unpaired) electrons. The molecule has 2 N–H and O–H groups in total. The molecule has 3 rings (SSSR count). The largest absolute Gasteiger partial charge is 0.478 e. The third kappa shape index (κ3) is 9.58. The van der Waals surface area contributed by atoms with Gasteiger partial charge in [-0.15, -0.1) is 0 Å². The molecule has 0 aliphatic heterocycles. The van der Waals surface area contributed by atoms with Gasteiger partial charge in [0.05, 0.1) is 11.1 Å². The molecule has 226 valence electrons. The number of rotatable bonds is 20. The van der Waals surface area contributed by atoms with E-state index in [4.69, 9.17) is 0 Å². The fourth-order valence-corrected chi connectivity index (χ4v) is 6.04. The van der Waals surface area contributed by atoms with Crippen LogP contribution in [-0.4, -0.2) is 22.2 Å². The second-order valence-corrected chi connectivity index (χ2v) is 11.6. The highest BCUT2D eigenvalue weighted by molar-refractivity contribution is 6.09. The Morgan fingerprint density at radius 1 is 0.500 bits per heavy atom. The minimum atomic E-state index is -1.11. The van der Waals surface area contributed by atoms with E-state index in [9.17, 15) is 19.8 Å². The van der Waals surface area contributed by atoms with Crippen LogP contribution in [0.3, 0.4) is 0 Å². The second kappa shape index (κ2) is 18.2. The van der Waals surface area contributed by atoms with Crippen LogP contribution in [0.1, 0.15) is 136 Å². The van der Waals surface area contributed by atoms with Crippen molar-refractivity contribution in [1.29, 1.82) is 0 Å². The third-order valence-electron chi connectivity index (χ3n) is 8.34. The van der Waals surface area contributed by atoms with Gasteiger partial charge in [-0.1, -0.05) is 145 Å². The topological polar surface area (TPSA) is 74.6 Å². The Morgan fingerprint density at radius 3 is 1.45 bits per heavy atom. The van der Waals surface area contributed by atoms with E-state index in [1.807, 2.05) is 42.5 Å². The fourth-order valence-electron chi connectivity index (χ4n) is 6.04. The monoisotopic (exact) mass is 570 g/mol. The lowest BCUT2D eigenvalue weighted by atomic mass is 9.84. The molecule has 4 nitrogen and oxygen atoms in total. The van der Waals surface area contributed by atoms with E-state index in [1.54, 1.807) is 12.1 Å². The molecule has 0 saturated carbocycles. The lowest BCUT2D eigenvalue weighted by Crippen LogP contribution is -2.10. The van der Waals surface area contributed by atoms with E-state index in [1.165, 1.54) is 64.2 Å². The zero-order valence-electron chi connectivity index (χ0n) is 25.8. The number of carboxylic acids is 2. The van der Waals surface area contributed by atoms with Crippen LogP contribution in [0.2, 0.25) is 0 Å². The van der Waals surface area contributed by atoms with Gasteiger partial charge >= 0.3 is 11.9 Å². The van der Waals surface area contributed by atoms with E-state index in [-0.39, 0.29) is 11.1 Å². The molecule has 0 aliphatic carbocycles. The number of unbranched alkanes of at least 4 members (excludes halogenated alkanes) is 12. The van der Waals surface area contributed by atoms with Gasteiger partial charge in [-0.25, -0.2) is 9.59 Å². The molecule has 3 aromatic rings. The Labute approximate surface area is 253 Å². The predicted molar refractivity (Wildman–Crippen MR) is 175 cm³/mol. The zero-order valence-corrected chi connectivity index (χ0v) is 25.8. The molecule has 3 aromatic carbocycles. The maximum atomic E-state index is 13.0. The predicted octanol–water partition coefficient (Wildman–Crippen LogP) is 11.0. The first-order chi connectivity index (χ1) is 20.5. The van der Waals surface area contributed by atoms with Crippen LogP contribution < -0.4 is 0 Å². The zero-order chi connectivity index (χ0) is 30.2. The van der Waals surface area contributed by atoms with Crippen LogP contribution in [0.15, 0.2) is 60.7 Å². The Hall–Kier alpha value is -3.40. The van der Waals surface area contributed by atoms with Gasteiger partial charge in [-0.2, -0.15) is 0 Å². The van der Waals surface area contributed by atoms with E-state index < -0.39 is 11.9 Å². The molecule has 0 bridgehead atoms. The van der Waals surface area contributed by atoms with Crippen molar-refractivity contribution < 1.29 is 19.8 Å². The maximum absolute atomic E-state index is 13.0. The molecule has 0 atom stereocenters. The highest BCUT2D eigenvalue weighted by atomic mass is 16.4. The number of carboxylic acid groups (broad SMARTS) is 2. The number of aryl methyl sites for hydroxylation is 2. The Bertz CT molecular complexity index is 1280. The van der Waals surface area contributed by atoms with E-state index in [0.29, 0.717) is 16.7 Å². The summed E-state index contributed by atoms with van der Waals surface area (Å²) < 4.78 is 0. The van der Waals surface area contributed by atoms with Crippen LogP contribution in [0, 0.1) is 0 Å². The van der Waals surface area contributed by atoms with Crippen LogP contribution in [0.4, 0.5) is 0 Å². The van der Waals surface area contributed by atoms with Crippen molar-refractivity contribution in [2.75, 3.05) is 0 Å². The summed E-state index contributed by atoms with van der Waals surface area (Å²) in [4.78, 5) is 25.4. The van der Waals surface area contributed by atoms with Crippen molar-refractivity contribution in [3.8, 4) is 22.3 Å². The third-order valence-corrected chi connectivity index (χ3v) is 8.34. The molecule has 0 saturated heterocycles. The summed E-state index contributed by atoms with van der Waals surface area (Å²) in [5, 5.41) is 20.8. The van der Waals surface area contributed by atoms with Crippen LogP contribution in [0.5, 0.6) is 0 Å². The molecule has 42 heavy (non-hydrogen) atoms. The van der Waals surface area contributed by atoms with Gasteiger partial charge in [0.1, 0.15) is 0 Å². The summed E-state index contributed by atoms with van der Waals surface area (Å²) >= 11 is 0. The molecule has 0 aliphatic rings. The first-order valence-corrected chi connectivity index (χ1v) is 16.3. The van der Waals surface area contributed by atoms with Gasteiger partial charge in [0.2, 0.25) is 0 Å². The minimum absolute atomic E-state index is 0.0349. The van der Waals surface area contributed by atoms with Crippen LogP contribution in [-0.2, 0) is 12.8 Å². The van der Waals surface area contributed by atoms with Crippen molar-refractivity contribution in [1.82, 2.24) is 0 Å². The van der Waals surface area contributed by atoms with Crippen molar-refractivity contribution >= 4 is 11.9 Å². The highest BCUT2D eigenvalue weighted by Crippen LogP contribution is 2.39. The number of carbonyl (C=O) groups is 2. The first kappa shape index (κ1) is 33.1. The average molecular weight is 571 g/mol. The molecule has 0 fully saturated rings. The molecular weight excluding hydrogens is 520 g/mol. The SMILES string of the molecule is CCCCCCCCCc1ccccc1-c1ccc(C(=O)O)c(-c2ccccc2CCCCCCCCC)c1C(=O)O. The maximum Gasteiger partial charge on any atom is 0.336 e. The van der Waals surface area contributed by atoms with Gasteiger partial charge in [-0.3, -0.25) is 0 Å². The molecule has 0 aromatic heterocycles. The summed E-state index contributed by atoms with van der Waals surface area (Å²) in [7, 11) is 0. The molecular formula is C38H50O4. The Morgan fingerprint density at radius 2 is 0.952 bits per heavy atom. The van der Waals surface area contributed by atoms with E-state index in [0.717, 1.165) is 55.2 Å². The quantitative estimate of drug-likeness (QED) is 0.132. The van der Waals surface area contributed by atoms with Gasteiger partial charge in [0, 0.05) is 5.56 Å². The molecule has 0 amide bonds. The number of hydrogen-bond donors (Lipinski definition) is 2. The Kier molecular flexibility index (Phi) is 14.3. The molecule has 4 heteroatoms. The van der Waals surface area contributed by atoms with Crippen molar-refractivity contribution in [2.45, 2.75) is 117 Å². The standard InChI is InChI=1S/C38H50O4/c1-3-5-7-9-11-13-15-21-29-23-17-19-25-31(29)33-27-28-34(37(39)40)35(36(33)38(41)42)32-26-20-18-24-30(32)22-16-14-12-10-8-6-4-2/h17-20,23-28H,3-16,21-22H2,1-2H3,(H,39,40)(H,41,42). The van der Waals surface area contributed by atoms with Crippen LogP contribution >= 0.6 is 0 Å². The summed E-state index contributed by atoms with van der Waals surface area (Å²) in [6, 6.07) is 19.0. The lowest BCUT2D eigenvalue weighted by Gasteiger charge is -2.19. The normalized spacial score (nSPS) is 11.1. The van der Waals surface area contributed by atoms with Crippen molar-refractivity contribution in [3.63, 3.8) is 0 Å². The lowest BCUT2D eigenvalue weighted by molar-refractivity contribution is 0.0696. The highest BCUT2D eigenvalue weighted by Gasteiger charge is 2.26. The second-order valence-electron chi connectivity index (χ2n) is 11.6. The molecule has 0 spiro atoms. The van der Waals surface area contributed by atoms with Gasteiger partial charge in [-0.05, 0) is 59.6 Å². The minimum Gasteiger partial charge on any atom is -0.478 e. The smallest absolute Gasteiger partial charge is 0.336 e. The fraction of sp³-hybridized carbons (Fsp3) is 0.474. The van der Waals surface area contributed by atoms with E-state index in [2.05, 4.69) is 19.9 Å². The summed E-state index contributed by atoms with van der Waals surface area (Å²) in [6.07, 6.45) is 18.5. The number of hydrogen-bond acceptors (Lipinski definition) is 2. The molecule has 0 heterocycles. The summed E-state index contributed by atoms with van der Waals surface area (Å²) in [5.74, 6) is -2.21. The van der Waals surface area contributed by atoms with E-state index >= 15 is 0 Å². The van der Waals surface area contributed by atoms with Crippen molar-refractivity contribution in [3.05, 3.63) is 82.9 Å². The summed E-state index contributed by atoms with van der Waals surface area (Å²) in [5.41, 5.74) is 4.72. The molecule has 0 unspecified atom stereocenters. The van der Waals surface area contributed by atoms with Crippen molar-refractivity contribution in [2.24, 2.45) is 0 Å². The van der Waals surface area contributed by atoms with Gasteiger partial charge < -0.3 is 10.2 Å². The van der Waals surface area contributed by atoms with Crippen LogP contribution in [0.25, 0.3) is 22.3 Å². The Balaban J connectivity index is 1.95. The average Bonchev–Trinajstić information content (AvgIpc) is 2.99. The number of aromatic carboxylic acids is 2. The first-order valence-electron chi connectivity index (χ1n) is 16.3. The number of benzene rings is 3. The van der Waals surface area contributed by atoms with Gasteiger partial charge in [0.15, 0.2) is 0 Å².